The van der Waals surface area contributed by atoms with E-state index in [1.807, 2.05) is 18.2 Å². The maximum Gasteiger partial charge on any atom is 0.193 e. The summed E-state index contributed by atoms with van der Waals surface area (Å²) in [5.74, 6) is 1.76. The number of benzene rings is 2. The molecule has 0 unspecified atom stereocenters. The number of rotatable bonds is 22. The van der Waals surface area contributed by atoms with Gasteiger partial charge in [0.05, 0.1) is 98.8 Å². The van der Waals surface area contributed by atoms with Crippen LogP contribution in [-0.2, 0) is 69.1 Å². The van der Waals surface area contributed by atoms with E-state index in [4.69, 9.17) is 60.6 Å². The van der Waals surface area contributed by atoms with Crippen LogP contribution in [-0.4, -0.2) is 140 Å². The van der Waals surface area contributed by atoms with Crippen molar-refractivity contribution >= 4 is 25.0 Å². The monoisotopic (exact) mass is 1250 g/mol. The van der Waals surface area contributed by atoms with Crippen molar-refractivity contribution in [3.05, 3.63) is 89.7 Å². The third kappa shape index (κ3) is 14.8. The van der Waals surface area contributed by atoms with Crippen LogP contribution in [0.25, 0.3) is 0 Å². The molecule has 0 amide bonds. The van der Waals surface area contributed by atoms with Gasteiger partial charge in [0.25, 0.3) is 0 Å². The van der Waals surface area contributed by atoms with Crippen molar-refractivity contribution in [2.24, 2.45) is 0 Å². The first-order chi connectivity index (χ1) is 40.3. The van der Waals surface area contributed by atoms with Crippen LogP contribution >= 0.6 is 0 Å². The Labute approximate surface area is 522 Å². The van der Waals surface area contributed by atoms with E-state index in [2.05, 4.69) is 178 Å². The van der Waals surface area contributed by atoms with Gasteiger partial charge in [-0.05, 0) is 144 Å². The predicted molar refractivity (Wildman–Crippen MR) is 348 cm³/mol. The van der Waals surface area contributed by atoms with Crippen LogP contribution in [0.5, 0.6) is 5.75 Å². The molecule has 86 heavy (non-hydrogen) atoms. The van der Waals surface area contributed by atoms with E-state index in [-0.39, 0.29) is 77.2 Å². The highest BCUT2D eigenvalue weighted by atomic mass is 28.4. The number of allylic oxidation sites excluding steroid dienone is 1. The van der Waals surface area contributed by atoms with Gasteiger partial charge in [-0.3, -0.25) is 0 Å². The largest absolute Gasteiger partial charge is 0.497 e. The summed E-state index contributed by atoms with van der Waals surface area (Å²) in [5, 5.41) is 0.0537. The van der Waals surface area contributed by atoms with Crippen LogP contribution in [0.3, 0.4) is 0 Å². The maximum absolute atomic E-state index is 7.65. The molecule has 16 atom stereocenters. The van der Waals surface area contributed by atoms with E-state index >= 15 is 0 Å². The smallest absolute Gasteiger partial charge is 0.193 e. The first-order valence-electron chi connectivity index (χ1n) is 33.3. The highest BCUT2D eigenvalue weighted by Crippen LogP contribution is 2.54. The fourth-order valence-corrected chi connectivity index (χ4v) is 20.0. The van der Waals surface area contributed by atoms with Gasteiger partial charge >= 0.3 is 0 Å². The topological polar surface area (TPSA) is 120 Å². The Morgan fingerprint density at radius 3 is 2.03 bits per heavy atom. The first-order valence-corrected chi connectivity index (χ1v) is 41.6. The highest BCUT2D eigenvalue weighted by Gasteiger charge is 2.64. The van der Waals surface area contributed by atoms with Crippen LogP contribution in [0.15, 0.2) is 78.6 Å². The van der Waals surface area contributed by atoms with Gasteiger partial charge in [-0.1, -0.05) is 117 Å². The van der Waals surface area contributed by atoms with E-state index in [0.717, 1.165) is 60.9 Å². The van der Waals surface area contributed by atoms with Gasteiger partial charge in [0.15, 0.2) is 25.0 Å². The Balaban J connectivity index is 0.933. The summed E-state index contributed by atoms with van der Waals surface area (Å²) in [6.45, 7) is 43.3. The maximum atomic E-state index is 7.65. The van der Waals surface area contributed by atoms with Crippen LogP contribution in [0, 0.1) is 0 Å². The van der Waals surface area contributed by atoms with Gasteiger partial charge in [-0.2, -0.15) is 0 Å². The van der Waals surface area contributed by atoms with Crippen molar-refractivity contribution in [3.63, 3.8) is 0 Å². The van der Waals surface area contributed by atoms with Crippen LogP contribution < -0.4 is 4.74 Å². The van der Waals surface area contributed by atoms with Crippen molar-refractivity contribution in [1.29, 1.82) is 0 Å². The number of methoxy groups -OCH3 is 1. The summed E-state index contributed by atoms with van der Waals surface area (Å²) in [6.07, 6.45) is 11.7. The number of hydrogen-bond donors (Lipinski definition) is 0. The fraction of sp³-hybridized carbons (Fsp3) is 0.771. The molecule has 484 valence electrons. The van der Waals surface area contributed by atoms with Crippen molar-refractivity contribution in [1.82, 2.24) is 0 Å². The van der Waals surface area contributed by atoms with Gasteiger partial charge < -0.3 is 60.6 Å². The van der Waals surface area contributed by atoms with Gasteiger partial charge in [0.1, 0.15) is 34.8 Å². The third-order valence-corrected chi connectivity index (χ3v) is 36.1. The molecule has 0 aliphatic carbocycles. The molecule has 0 aromatic heterocycles. The second kappa shape index (κ2) is 26.4. The lowest BCUT2D eigenvalue weighted by molar-refractivity contribution is -0.359. The Bertz CT molecular complexity index is 2590. The predicted octanol–water partition coefficient (Wildman–Crippen LogP) is 15.9. The molecule has 2 aromatic rings. The Kier molecular flexibility index (Phi) is 20.9. The summed E-state index contributed by atoms with van der Waals surface area (Å²) in [4.78, 5) is 0. The molecule has 0 N–H and O–H groups in total. The van der Waals surface area contributed by atoms with Crippen molar-refractivity contribution in [2.75, 3.05) is 20.3 Å². The molecular weight excluding hydrogens is 1130 g/mol. The second-order valence-corrected chi connectivity index (χ2v) is 45.1. The molecule has 0 radical (unpaired) electrons. The minimum Gasteiger partial charge on any atom is -0.497 e. The Hall–Kier alpha value is -2.27. The van der Waals surface area contributed by atoms with Gasteiger partial charge in [0, 0.05) is 45.1 Å². The fourth-order valence-electron chi connectivity index (χ4n) is 14.5. The second-order valence-electron chi connectivity index (χ2n) is 30.8. The van der Waals surface area contributed by atoms with Gasteiger partial charge in [-0.15, -0.1) is 0 Å². The standard InChI is InChI=1S/C70H114O13Si3/c1-20-86(21-2,22-3)81-57-44-67(11)60(43-62-70(14,82-67)61(73-46-50-33-35-51(71-15)36-34-50)41-52(75-62)31-27-39-72-45-49-28-24-23-25-29-49)76-55(57)40-53-30-26-32-58-68(12,79-53)48-69(13)59(78-58)42-56-54(80-69)37-38-66(10,83-85(18,19)65(7,8)9)63(77-56)47-74-84(16,17)64(4,5)6/h23-25,28-30,33-38,52,54-63H,20-22,26-27,31-32,39-48H2,1-19H3/t52-,54+,55+,56-,57-,58-,59+,60-,61+,62+,63+,66-,67+,68+,69-,70-/m0/s1. The summed E-state index contributed by atoms with van der Waals surface area (Å²) < 4.78 is 92.7. The molecular formula is C70H114O13Si3. The Morgan fingerprint density at radius 2 is 1.37 bits per heavy atom. The van der Waals surface area contributed by atoms with Gasteiger partial charge in [0.2, 0.25) is 0 Å². The molecule has 16 heteroatoms. The minimum absolute atomic E-state index is 0.00232. The number of hydrogen-bond acceptors (Lipinski definition) is 13. The van der Waals surface area contributed by atoms with E-state index in [1.165, 1.54) is 5.56 Å². The molecule has 5 fully saturated rings. The summed E-state index contributed by atoms with van der Waals surface area (Å²) in [7, 11) is -4.86. The molecule has 7 aliphatic heterocycles. The van der Waals surface area contributed by atoms with E-state index in [9.17, 15) is 0 Å². The lowest BCUT2D eigenvalue weighted by atomic mass is 9.73. The number of fused-ring (bicyclic) bond motifs is 5. The van der Waals surface area contributed by atoms with Crippen LogP contribution in [0.1, 0.15) is 172 Å². The van der Waals surface area contributed by atoms with E-state index < -0.39 is 53.0 Å². The molecule has 2 aromatic carbocycles. The SMILES string of the molecule is CC[Si](CC)(CC)O[C@H]1C[C@@]2(C)O[C@@]3(C)[C@H](OCc4ccc(OC)cc4)C[C@H](CCCOCc4ccccc4)O[C@@H]3C[C@@H]2O[C@@H]1CC1=CCC[C@@H]2O[C@@H]3C[C@@H]4O[C@H](CO[Si](C)(C)C(C)(C)C)[C@@](C)(O[Si](C)(C)C(C)(C)C)C=C[C@H]4O[C@@]3(C)C[C@@]2(C)O1. The zero-order valence-electron chi connectivity index (χ0n) is 56.6. The Morgan fingerprint density at radius 1 is 0.698 bits per heavy atom. The summed E-state index contributed by atoms with van der Waals surface area (Å²) >= 11 is 0. The first kappa shape index (κ1) is 68.1. The zero-order chi connectivity index (χ0) is 62.4. The van der Waals surface area contributed by atoms with Crippen molar-refractivity contribution in [2.45, 2.75) is 324 Å². The van der Waals surface area contributed by atoms with E-state index in [1.54, 1.807) is 7.11 Å². The van der Waals surface area contributed by atoms with Crippen molar-refractivity contribution in [3.8, 4) is 5.75 Å². The molecule has 9 rings (SSSR count). The average molecular weight is 1250 g/mol. The molecule has 7 heterocycles. The average Bonchev–Trinajstić information content (AvgIpc) is 0.959. The number of ether oxygens (including phenoxy) is 10. The van der Waals surface area contributed by atoms with Gasteiger partial charge in [-0.25, -0.2) is 0 Å². The summed E-state index contributed by atoms with van der Waals surface area (Å²) in [6, 6.07) is 21.6. The molecule has 0 spiro atoms. The zero-order valence-corrected chi connectivity index (χ0v) is 59.6. The van der Waals surface area contributed by atoms with Crippen LogP contribution in [0.2, 0.25) is 54.4 Å². The van der Waals surface area contributed by atoms with Crippen molar-refractivity contribution < 1.29 is 60.6 Å². The van der Waals surface area contributed by atoms with Crippen LogP contribution in [0.4, 0.5) is 0 Å². The molecule has 0 bridgehead atoms. The molecule has 0 saturated carbocycles. The third-order valence-electron chi connectivity index (χ3n) is 22.4. The normalized spacial score (nSPS) is 36.9. The minimum atomic E-state index is -2.27. The molecule has 5 saturated heterocycles. The highest BCUT2D eigenvalue weighted by molar-refractivity contribution is 6.74. The lowest BCUT2D eigenvalue weighted by Gasteiger charge is -2.61. The van der Waals surface area contributed by atoms with E-state index in [0.29, 0.717) is 65.0 Å². The summed E-state index contributed by atoms with van der Waals surface area (Å²) in [5.41, 5.74) is -1.19. The molecule has 7 aliphatic rings. The molecule has 13 nitrogen and oxygen atoms in total. The quantitative estimate of drug-likeness (QED) is 0.0633. The lowest BCUT2D eigenvalue weighted by Crippen LogP contribution is -2.72.